The van der Waals surface area contributed by atoms with Crippen molar-refractivity contribution in [1.29, 1.82) is 0 Å². The maximum atomic E-state index is 10.5. The SMILES string of the molecule is CCCCC[C@@H](c1cc(Br)cc(Br)c1O)N1CCNCC1. The molecule has 2 rings (SSSR count). The molecule has 21 heavy (non-hydrogen) atoms. The molecule has 1 aromatic carbocycles. The van der Waals surface area contributed by atoms with Crippen LogP contribution in [0.1, 0.15) is 44.2 Å². The summed E-state index contributed by atoms with van der Waals surface area (Å²) in [5.41, 5.74) is 1.04. The Balaban J connectivity index is 2.24. The first-order valence-electron chi connectivity index (χ1n) is 7.76. The quantitative estimate of drug-likeness (QED) is 0.668. The zero-order valence-electron chi connectivity index (χ0n) is 12.5. The van der Waals surface area contributed by atoms with Gasteiger partial charge in [-0.05, 0) is 34.5 Å². The lowest BCUT2D eigenvalue weighted by molar-refractivity contribution is 0.160. The monoisotopic (exact) mass is 418 g/mol. The number of phenols is 1. The van der Waals surface area contributed by atoms with Gasteiger partial charge in [-0.1, -0.05) is 42.1 Å². The molecule has 2 N–H and O–H groups in total. The summed E-state index contributed by atoms with van der Waals surface area (Å²) in [5, 5.41) is 13.9. The van der Waals surface area contributed by atoms with Gasteiger partial charge in [-0.25, -0.2) is 0 Å². The fourth-order valence-corrected chi connectivity index (χ4v) is 4.21. The topological polar surface area (TPSA) is 35.5 Å². The van der Waals surface area contributed by atoms with Crippen LogP contribution in [-0.4, -0.2) is 36.2 Å². The zero-order valence-corrected chi connectivity index (χ0v) is 15.7. The highest BCUT2D eigenvalue weighted by Gasteiger charge is 2.25. The lowest BCUT2D eigenvalue weighted by Crippen LogP contribution is -2.45. The van der Waals surface area contributed by atoms with Gasteiger partial charge in [0.25, 0.3) is 0 Å². The fourth-order valence-electron chi connectivity index (χ4n) is 2.96. The van der Waals surface area contributed by atoms with Crippen LogP contribution in [0.3, 0.4) is 0 Å². The summed E-state index contributed by atoms with van der Waals surface area (Å²) in [7, 11) is 0. The number of unbranched alkanes of at least 4 members (excludes halogenated alkanes) is 2. The molecule has 1 aliphatic rings. The average molecular weight is 420 g/mol. The zero-order chi connectivity index (χ0) is 15.2. The standard InChI is InChI=1S/C16H24Br2N2O/c1-2-3-4-5-15(20-8-6-19-7-9-20)13-10-12(17)11-14(18)16(13)21/h10-11,15,19,21H,2-9H2,1H3/t15-/m0/s1. The minimum atomic E-state index is 0.299. The molecule has 1 heterocycles. The molecule has 5 heteroatoms. The lowest BCUT2D eigenvalue weighted by atomic mass is 9.97. The van der Waals surface area contributed by atoms with Gasteiger partial charge in [0, 0.05) is 42.3 Å². The smallest absolute Gasteiger partial charge is 0.134 e. The Morgan fingerprint density at radius 3 is 2.62 bits per heavy atom. The molecule has 3 nitrogen and oxygen atoms in total. The van der Waals surface area contributed by atoms with Crippen LogP contribution in [0.25, 0.3) is 0 Å². The molecule has 0 unspecified atom stereocenters. The van der Waals surface area contributed by atoms with Gasteiger partial charge in [-0.3, -0.25) is 4.90 Å². The highest BCUT2D eigenvalue weighted by molar-refractivity contribution is 9.11. The number of nitrogens with one attached hydrogen (secondary N) is 1. The van der Waals surface area contributed by atoms with E-state index in [0.29, 0.717) is 11.8 Å². The highest BCUT2D eigenvalue weighted by Crippen LogP contribution is 2.39. The summed E-state index contributed by atoms with van der Waals surface area (Å²) in [6.45, 7) is 6.37. The van der Waals surface area contributed by atoms with Gasteiger partial charge >= 0.3 is 0 Å². The molecular formula is C16H24Br2N2O. The molecule has 0 amide bonds. The van der Waals surface area contributed by atoms with E-state index in [1.165, 1.54) is 19.3 Å². The first kappa shape index (κ1) is 17.3. The highest BCUT2D eigenvalue weighted by atomic mass is 79.9. The predicted molar refractivity (Wildman–Crippen MR) is 94.8 cm³/mol. The molecule has 1 aliphatic heterocycles. The van der Waals surface area contributed by atoms with E-state index < -0.39 is 0 Å². The molecule has 1 fully saturated rings. The van der Waals surface area contributed by atoms with Gasteiger partial charge in [0.2, 0.25) is 0 Å². The molecule has 118 valence electrons. The molecule has 0 radical (unpaired) electrons. The number of benzene rings is 1. The Morgan fingerprint density at radius 1 is 1.24 bits per heavy atom. The fraction of sp³-hybridized carbons (Fsp3) is 0.625. The van der Waals surface area contributed by atoms with Gasteiger partial charge in [0.05, 0.1) is 4.47 Å². The van der Waals surface area contributed by atoms with E-state index in [1.54, 1.807) is 0 Å². The Bertz CT molecular complexity index is 462. The Morgan fingerprint density at radius 2 is 1.95 bits per heavy atom. The third-order valence-corrected chi connectivity index (χ3v) is 5.15. The summed E-state index contributed by atoms with van der Waals surface area (Å²) in [6, 6.07) is 4.27. The Kier molecular flexibility index (Phi) is 6.99. The van der Waals surface area contributed by atoms with E-state index in [9.17, 15) is 5.11 Å². The van der Waals surface area contributed by atoms with Gasteiger partial charge in [0.15, 0.2) is 0 Å². The van der Waals surface area contributed by atoms with Crippen molar-refractivity contribution in [1.82, 2.24) is 10.2 Å². The molecule has 0 aliphatic carbocycles. The van der Waals surface area contributed by atoms with E-state index >= 15 is 0 Å². The molecule has 0 saturated carbocycles. The van der Waals surface area contributed by atoms with Crippen LogP contribution in [0.15, 0.2) is 21.1 Å². The molecule has 1 saturated heterocycles. The van der Waals surface area contributed by atoms with Gasteiger partial charge in [-0.15, -0.1) is 0 Å². The van der Waals surface area contributed by atoms with E-state index in [0.717, 1.165) is 47.1 Å². The summed E-state index contributed by atoms with van der Waals surface area (Å²) in [4.78, 5) is 2.50. The Hall–Kier alpha value is -0.100. The normalized spacial score (nSPS) is 17.9. The lowest BCUT2D eigenvalue weighted by Gasteiger charge is -2.36. The Labute approximate surface area is 144 Å². The van der Waals surface area contributed by atoms with Crippen molar-refractivity contribution >= 4 is 31.9 Å². The van der Waals surface area contributed by atoms with Gasteiger partial charge in [0.1, 0.15) is 5.75 Å². The van der Waals surface area contributed by atoms with Crippen molar-refractivity contribution in [3.8, 4) is 5.75 Å². The minimum absolute atomic E-state index is 0.299. The molecule has 0 spiro atoms. The summed E-state index contributed by atoms with van der Waals surface area (Å²) >= 11 is 7.01. The van der Waals surface area contributed by atoms with Crippen molar-refractivity contribution in [2.45, 2.75) is 38.6 Å². The van der Waals surface area contributed by atoms with Crippen LogP contribution in [0.4, 0.5) is 0 Å². The van der Waals surface area contributed by atoms with E-state index in [-0.39, 0.29) is 0 Å². The van der Waals surface area contributed by atoms with Crippen LogP contribution in [0.2, 0.25) is 0 Å². The van der Waals surface area contributed by atoms with Gasteiger partial charge in [-0.2, -0.15) is 0 Å². The third kappa shape index (κ3) is 4.68. The second-order valence-electron chi connectivity index (χ2n) is 5.62. The second-order valence-corrected chi connectivity index (χ2v) is 7.39. The maximum absolute atomic E-state index is 10.5. The summed E-state index contributed by atoms with van der Waals surface area (Å²) < 4.78 is 1.78. The number of hydrogen-bond donors (Lipinski definition) is 2. The van der Waals surface area contributed by atoms with Crippen molar-refractivity contribution in [3.05, 3.63) is 26.6 Å². The van der Waals surface area contributed by atoms with Crippen molar-refractivity contribution < 1.29 is 5.11 Å². The second kappa shape index (κ2) is 8.51. The van der Waals surface area contributed by atoms with Gasteiger partial charge < -0.3 is 10.4 Å². The van der Waals surface area contributed by atoms with Crippen LogP contribution in [0, 0.1) is 0 Å². The number of nitrogens with zero attached hydrogens (tertiary/aromatic N) is 1. The largest absolute Gasteiger partial charge is 0.506 e. The number of aromatic hydroxyl groups is 1. The first-order valence-corrected chi connectivity index (χ1v) is 9.34. The number of phenolic OH excluding ortho intramolecular Hbond substituents is 1. The van der Waals surface area contributed by atoms with Crippen LogP contribution in [-0.2, 0) is 0 Å². The number of piperazine rings is 1. The van der Waals surface area contributed by atoms with Crippen LogP contribution >= 0.6 is 31.9 Å². The number of rotatable bonds is 6. The molecule has 0 aromatic heterocycles. The number of hydrogen-bond acceptors (Lipinski definition) is 3. The van der Waals surface area contributed by atoms with Crippen LogP contribution < -0.4 is 5.32 Å². The number of halogens is 2. The minimum Gasteiger partial charge on any atom is -0.506 e. The van der Waals surface area contributed by atoms with E-state index in [2.05, 4.69) is 55.1 Å². The third-order valence-electron chi connectivity index (χ3n) is 4.09. The predicted octanol–water partition coefficient (Wildman–Crippen LogP) is 4.44. The molecule has 1 aromatic rings. The maximum Gasteiger partial charge on any atom is 0.134 e. The molecular weight excluding hydrogens is 396 g/mol. The molecule has 0 bridgehead atoms. The van der Waals surface area contributed by atoms with Crippen LogP contribution in [0.5, 0.6) is 5.75 Å². The van der Waals surface area contributed by atoms with Crippen molar-refractivity contribution in [2.24, 2.45) is 0 Å². The van der Waals surface area contributed by atoms with Crippen molar-refractivity contribution in [2.75, 3.05) is 26.2 Å². The van der Waals surface area contributed by atoms with Crippen molar-refractivity contribution in [3.63, 3.8) is 0 Å². The molecule has 1 atom stereocenters. The van der Waals surface area contributed by atoms with E-state index in [1.807, 2.05) is 6.07 Å². The average Bonchev–Trinajstić information content (AvgIpc) is 2.49. The van der Waals surface area contributed by atoms with E-state index in [4.69, 9.17) is 0 Å². The summed E-state index contributed by atoms with van der Waals surface area (Å²) in [6.07, 6.45) is 4.78. The first-order chi connectivity index (χ1) is 10.1. The summed E-state index contributed by atoms with van der Waals surface area (Å²) in [5.74, 6) is 0.387.